The number of alkyl halides is 3. The number of fused-ring (bicyclic) bond motifs is 1. The number of anilines is 1. The molecule has 1 saturated heterocycles. The first-order valence-corrected chi connectivity index (χ1v) is 10.1. The summed E-state index contributed by atoms with van der Waals surface area (Å²) in [6.45, 7) is 2.98. The van der Waals surface area contributed by atoms with Crippen molar-refractivity contribution in [3.63, 3.8) is 0 Å². The number of aliphatic hydroxyl groups excluding tert-OH is 1. The van der Waals surface area contributed by atoms with Crippen molar-refractivity contribution in [1.29, 1.82) is 0 Å². The average molecular weight is 433 g/mol. The van der Waals surface area contributed by atoms with Gasteiger partial charge in [-0.3, -0.25) is 14.3 Å². The van der Waals surface area contributed by atoms with Gasteiger partial charge in [0.05, 0.1) is 30.1 Å². The standard InChI is InChI=1S/C21H22F3N5O2/c1-13(11-30)29-12-26-18-15(20(29)31)9-16(27-19(18)28-7-3-2-4-8-28)14-5-6-17(25-10-14)21(22,23)24/h5-6,9-10,12-13,30H,2-4,7-8,11H2,1H3. The fraction of sp³-hybridized carbons (Fsp3) is 0.429. The smallest absolute Gasteiger partial charge is 0.394 e. The van der Waals surface area contributed by atoms with Crippen molar-refractivity contribution in [2.24, 2.45) is 0 Å². The first-order valence-electron chi connectivity index (χ1n) is 10.1. The summed E-state index contributed by atoms with van der Waals surface area (Å²) in [5.41, 5.74) is -0.167. The van der Waals surface area contributed by atoms with Gasteiger partial charge in [-0.2, -0.15) is 13.2 Å². The molecule has 1 unspecified atom stereocenters. The maximum absolute atomic E-state index is 13.1. The van der Waals surface area contributed by atoms with Crippen LogP contribution in [-0.2, 0) is 6.18 Å². The van der Waals surface area contributed by atoms with Gasteiger partial charge in [-0.15, -0.1) is 0 Å². The highest BCUT2D eigenvalue weighted by molar-refractivity contribution is 5.91. The van der Waals surface area contributed by atoms with E-state index in [4.69, 9.17) is 0 Å². The molecule has 3 aromatic heterocycles. The van der Waals surface area contributed by atoms with Crippen molar-refractivity contribution >= 4 is 16.7 Å². The third-order valence-corrected chi connectivity index (χ3v) is 5.49. The van der Waals surface area contributed by atoms with Crippen molar-refractivity contribution in [1.82, 2.24) is 19.5 Å². The Morgan fingerprint density at radius 2 is 1.90 bits per heavy atom. The molecule has 1 N–H and O–H groups in total. The first-order chi connectivity index (χ1) is 14.8. The third-order valence-electron chi connectivity index (χ3n) is 5.49. The topological polar surface area (TPSA) is 84.1 Å². The van der Waals surface area contributed by atoms with Crippen molar-refractivity contribution in [2.75, 3.05) is 24.6 Å². The van der Waals surface area contributed by atoms with Gasteiger partial charge in [-0.25, -0.2) is 9.97 Å². The lowest BCUT2D eigenvalue weighted by molar-refractivity contribution is -0.141. The molecule has 0 aromatic carbocycles. The molecule has 10 heteroatoms. The lowest BCUT2D eigenvalue weighted by Gasteiger charge is -2.28. The Bertz CT molecular complexity index is 1140. The molecule has 0 spiro atoms. The Labute approximate surface area is 176 Å². The van der Waals surface area contributed by atoms with Gasteiger partial charge in [0.25, 0.3) is 5.56 Å². The zero-order chi connectivity index (χ0) is 22.2. The normalized spacial score (nSPS) is 16.0. The van der Waals surface area contributed by atoms with E-state index in [0.717, 1.165) is 44.6 Å². The van der Waals surface area contributed by atoms with E-state index in [1.165, 1.54) is 23.0 Å². The molecule has 3 aromatic rings. The van der Waals surface area contributed by atoms with Crippen molar-refractivity contribution in [3.8, 4) is 11.3 Å². The molecule has 4 heterocycles. The van der Waals surface area contributed by atoms with E-state index in [0.29, 0.717) is 28.0 Å². The summed E-state index contributed by atoms with van der Waals surface area (Å²) in [5.74, 6) is 0.535. The van der Waals surface area contributed by atoms with E-state index in [2.05, 4.69) is 19.9 Å². The molecule has 1 atom stereocenters. The SMILES string of the molecule is CC(CO)n1cnc2c(N3CCCCC3)nc(-c3ccc(C(F)(F)F)nc3)cc2c1=O. The molecular formula is C21H22F3N5O2. The molecule has 0 amide bonds. The second kappa shape index (κ2) is 8.26. The Balaban J connectivity index is 1.90. The third kappa shape index (κ3) is 4.12. The minimum absolute atomic E-state index is 0.229. The van der Waals surface area contributed by atoms with Crippen LogP contribution in [0.1, 0.15) is 37.9 Å². The molecule has 0 aliphatic carbocycles. The quantitative estimate of drug-likeness (QED) is 0.679. The molecule has 7 nitrogen and oxygen atoms in total. The van der Waals surface area contributed by atoms with Gasteiger partial charge >= 0.3 is 6.18 Å². The Morgan fingerprint density at radius 1 is 1.16 bits per heavy atom. The van der Waals surface area contributed by atoms with Crippen LogP contribution in [0.25, 0.3) is 22.2 Å². The number of hydrogen-bond donors (Lipinski definition) is 1. The van der Waals surface area contributed by atoms with Crippen LogP contribution in [0.4, 0.5) is 19.0 Å². The van der Waals surface area contributed by atoms with E-state index in [1.807, 2.05) is 0 Å². The monoisotopic (exact) mass is 433 g/mol. The second-order valence-corrected chi connectivity index (χ2v) is 7.69. The van der Waals surface area contributed by atoms with Gasteiger partial charge in [0.15, 0.2) is 5.82 Å². The van der Waals surface area contributed by atoms with Crippen LogP contribution < -0.4 is 10.5 Å². The van der Waals surface area contributed by atoms with Gasteiger partial charge < -0.3 is 10.0 Å². The summed E-state index contributed by atoms with van der Waals surface area (Å²) in [6.07, 6.45) is 1.04. The van der Waals surface area contributed by atoms with E-state index >= 15 is 0 Å². The molecule has 4 rings (SSSR count). The number of pyridine rings is 2. The Morgan fingerprint density at radius 3 is 2.52 bits per heavy atom. The molecule has 31 heavy (non-hydrogen) atoms. The van der Waals surface area contributed by atoms with Crippen LogP contribution >= 0.6 is 0 Å². The summed E-state index contributed by atoms with van der Waals surface area (Å²) < 4.78 is 40.0. The summed E-state index contributed by atoms with van der Waals surface area (Å²) in [7, 11) is 0. The van der Waals surface area contributed by atoms with Gasteiger partial charge in [0.2, 0.25) is 0 Å². The van der Waals surface area contributed by atoms with E-state index in [1.54, 1.807) is 6.92 Å². The fourth-order valence-corrected chi connectivity index (χ4v) is 3.72. The van der Waals surface area contributed by atoms with Crippen LogP contribution in [0.3, 0.4) is 0 Å². The Kier molecular flexibility index (Phi) is 5.65. The number of nitrogens with zero attached hydrogens (tertiary/aromatic N) is 5. The summed E-state index contributed by atoms with van der Waals surface area (Å²) in [5, 5.41) is 9.76. The summed E-state index contributed by atoms with van der Waals surface area (Å²) >= 11 is 0. The zero-order valence-electron chi connectivity index (χ0n) is 16.9. The highest BCUT2D eigenvalue weighted by atomic mass is 19.4. The van der Waals surface area contributed by atoms with Crippen LogP contribution in [0, 0.1) is 0 Å². The van der Waals surface area contributed by atoms with Crippen LogP contribution in [0.5, 0.6) is 0 Å². The highest BCUT2D eigenvalue weighted by Gasteiger charge is 2.32. The predicted octanol–water partition coefficient (Wildman–Crippen LogP) is 3.42. The molecule has 0 bridgehead atoms. The Hall–Kier alpha value is -3.01. The summed E-state index contributed by atoms with van der Waals surface area (Å²) in [4.78, 5) is 27.8. The number of aliphatic hydroxyl groups is 1. The first kappa shape index (κ1) is 21.2. The molecule has 0 radical (unpaired) electrons. The molecule has 164 valence electrons. The van der Waals surface area contributed by atoms with E-state index in [-0.39, 0.29) is 12.2 Å². The van der Waals surface area contributed by atoms with Crippen LogP contribution in [0.2, 0.25) is 0 Å². The number of rotatable bonds is 4. The number of halogens is 3. The number of aromatic nitrogens is 4. The number of piperidine rings is 1. The minimum Gasteiger partial charge on any atom is -0.394 e. The molecular weight excluding hydrogens is 411 g/mol. The van der Waals surface area contributed by atoms with Crippen molar-refractivity contribution < 1.29 is 18.3 Å². The molecule has 1 aliphatic heterocycles. The van der Waals surface area contributed by atoms with Gasteiger partial charge in [-0.1, -0.05) is 0 Å². The predicted molar refractivity (Wildman–Crippen MR) is 110 cm³/mol. The molecule has 1 fully saturated rings. The van der Waals surface area contributed by atoms with E-state index < -0.39 is 17.9 Å². The summed E-state index contributed by atoms with van der Waals surface area (Å²) in [6, 6.07) is 3.27. The minimum atomic E-state index is -4.54. The van der Waals surface area contributed by atoms with Gasteiger partial charge in [-0.05, 0) is 44.4 Å². The maximum atomic E-state index is 13.1. The van der Waals surface area contributed by atoms with E-state index in [9.17, 15) is 23.1 Å². The van der Waals surface area contributed by atoms with Crippen molar-refractivity contribution in [2.45, 2.75) is 38.4 Å². The van der Waals surface area contributed by atoms with Gasteiger partial charge in [0.1, 0.15) is 11.2 Å². The average Bonchev–Trinajstić information content (AvgIpc) is 2.78. The lowest BCUT2D eigenvalue weighted by atomic mass is 10.1. The van der Waals surface area contributed by atoms with Crippen LogP contribution in [-0.4, -0.2) is 44.3 Å². The molecule has 1 aliphatic rings. The van der Waals surface area contributed by atoms with Gasteiger partial charge in [0, 0.05) is 24.8 Å². The zero-order valence-corrected chi connectivity index (χ0v) is 16.9. The van der Waals surface area contributed by atoms with Crippen LogP contribution in [0.15, 0.2) is 35.5 Å². The number of hydrogen-bond acceptors (Lipinski definition) is 6. The molecule has 0 saturated carbocycles. The fourth-order valence-electron chi connectivity index (χ4n) is 3.72. The van der Waals surface area contributed by atoms with Crippen molar-refractivity contribution in [3.05, 3.63) is 46.8 Å². The largest absolute Gasteiger partial charge is 0.433 e. The second-order valence-electron chi connectivity index (χ2n) is 7.69. The lowest BCUT2D eigenvalue weighted by Crippen LogP contribution is -2.32. The maximum Gasteiger partial charge on any atom is 0.433 e. The highest BCUT2D eigenvalue weighted by Crippen LogP contribution is 2.31.